The number of carbonyl (C=O) groups is 1. The predicted octanol–water partition coefficient (Wildman–Crippen LogP) is 1.94. The second-order valence-corrected chi connectivity index (χ2v) is 4.98. The summed E-state index contributed by atoms with van der Waals surface area (Å²) < 4.78 is 14.1. The zero-order valence-electron chi connectivity index (χ0n) is 9.59. The number of nitrogens with zero attached hydrogens (tertiary/aromatic N) is 1. The van der Waals surface area contributed by atoms with Gasteiger partial charge in [-0.3, -0.25) is 4.79 Å². The van der Waals surface area contributed by atoms with E-state index in [1.165, 1.54) is 6.07 Å². The van der Waals surface area contributed by atoms with E-state index in [1.54, 1.807) is 17.9 Å². The lowest BCUT2D eigenvalue weighted by atomic mass is 10.1. The number of piperazine rings is 1. The van der Waals surface area contributed by atoms with Crippen molar-refractivity contribution in [3.8, 4) is 0 Å². The maximum Gasteiger partial charge on any atom is 0.255 e. The van der Waals surface area contributed by atoms with Crippen molar-refractivity contribution in [1.29, 1.82) is 0 Å². The molecule has 0 saturated carbocycles. The molecule has 0 unspecified atom stereocenters. The second-order valence-electron chi connectivity index (χ2n) is 4.12. The Morgan fingerprint density at radius 2 is 2.06 bits per heavy atom. The number of hydrogen-bond donors (Lipinski definition) is 1. The summed E-state index contributed by atoms with van der Waals surface area (Å²) in [4.78, 5) is 13.9. The average molecular weight is 301 g/mol. The van der Waals surface area contributed by atoms with E-state index in [9.17, 15) is 9.18 Å². The Morgan fingerprint density at radius 3 is 2.71 bits per heavy atom. The van der Waals surface area contributed by atoms with Crippen LogP contribution in [0.2, 0.25) is 0 Å². The quantitative estimate of drug-likeness (QED) is 0.860. The summed E-state index contributed by atoms with van der Waals surface area (Å²) >= 11 is 3.32. The second kappa shape index (κ2) is 5.14. The summed E-state index contributed by atoms with van der Waals surface area (Å²) in [6, 6.07) is 2.95. The fourth-order valence-electron chi connectivity index (χ4n) is 1.85. The van der Waals surface area contributed by atoms with Gasteiger partial charge in [0.25, 0.3) is 5.91 Å². The van der Waals surface area contributed by atoms with Gasteiger partial charge in [0.2, 0.25) is 0 Å². The van der Waals surface area contributed by atoms with E-state index >= 15 is 0 Å². The Hall–Kier alpha value is -0.940. The third kappa shape index (κ3) is 2.66. The van der Waals surface area contributed by atoms with Crippen LogP contribution in [0.5, 0.6) is 0 Å². The van der Waals surface area contributed by atoms with Gasteiger partial charge in [0.05, 0.1) is 5.56 Å². The first-order valence-electron chi connectivity index (χ1n) is 5.55. The van der Waals surface area contributed by atoms with Crippen LogP contribution < -0.4 is 5.32 Å². The Kier molecular flexibility index (Phi) is 3.79. The number of amides is 1. The van der Waals surface area contributed by atoms with E-state index in [0.29, 0.717) is 28.7 Å². The number of rotatable bonds is 1. The largest absolute Gasteiger partial charge is 0.336 e. The lowest BCUT2D eigenvalue weighted by Gasteiger charge is -2.27. The van der Waals surface area contributed by atoms with Crippen LogP contribution in [0.3, 0.4) is 0 Å². The van der Waals surface area contributed by atoms with Crippen molar-refractivity contribution < 1.29 is 9.18 Å². The molecule has 0 spiro atoms. The Balaban J connectivity index is 2.26. The summed E-state index contributed by atoms with van der Waals surface area (Å²) in [6.45, 7) is 4.59. The number of carbonyl (C=O) groups excluding carboxylic acids is 1. The predicted molar refractivity (Wildman–Crippen MR) is 67.6 cm³/mol. The molecule has 1 fully saturated rings. The molecule has 92 valence electrons. The molecule has 0 radical (unpaired) electrons. The van der Waals surface area contributed by atoms with Gasteiger partial charge >= 0.3 is 0 Å². The van der Waals surface area contributed by atoms with Crippen LogP contribution in [0.1, 0.15) is 15.9 Å². The lowest BCUT2D eigenvalue weighted by Crippen LogP contribution is -2.46. The standard InChI is InChI=1S/C12H14BrFN2O/c1-8-6-10(13)9(7-11(8)14)12(17)16-4-2-15-3-5-16/h6-7,15H,2-5H2,1H3. The molecule has 0 aromatic heterocycles. The first-order valence-corrected chi connectivity index (χ1v) is 6.34. The van der Waals surface area contributed by atoms with Gasteiger partial charge in [-0.25, -0.2) is 4.39 Å². The number of nitrogens with one attached hydrogen (secondary N) is 1. The molecule has 17 heavy (non-hydrogen) atoms. The molecule has 1 aromatic carbocycles. The Morgan fingerprint density at radius 1 is 1.41 bits per heavy atom. The molecule has 0 aliphatic carbocycles. The minimum atomic E-state index is -0.341. The molecule has 2 rings (SSSR count). The highest BCUT2D eigenvalue weighted by Gasteiger charge is 2.21. The topological polar surface area (TPSA) is 32.3 Å². The highest BCUT2D eigenvalue weighted by molar-refractivity contribution is 9.10. The maximum atomic E-state index is 13.5. The fourth-order valence-corrected chi connectivity index (χ4v) is 2.48. The minimum Gasteiger partial charge on any atom is -0.336 e. The summed E-state index contributed by atoms with van der Waals surface area (Å²) in [5.41, 5.74) is 0.934. The number of benzene rings is 1. The fraction of sp³-hybridized carbons (Fsp3) is 0.417. The lowest BCUT2D eigenvalue weighted by molar-refractivity contribution is 0.0734. The molecular weight excluding hydrogens is 287 g/mol. The summed E-state index contributed by atoms with van der Waals surface area (Å²) in [5, 5.41) is 3.18. The minimum absolute atomic E-state index is 0.114. The third-order valence-corrected chi connectivity index (χ3v) is 3.54. The smallest absolute Gasteiger partial charge is 0.255 e. The monoisotopic (exact) mass is 300 g/mol. The van der Waals surface area contributed by atoms with E-state index in [0.717, 1.165) is 13.1 Å². The van der Waals surface area contributed by atoms with Gasteiger partial charge in [0, 0.05) is 30.7 Å². The van der Waals surface area contributed by atoms with Crippen molar-refractivity contribution in [1.82, 2.24) is 10.2 Å². The van der Waals surface area contributed by atoms with Gasteiger partial charge in [-0.1, -0.05) is 0 Å². The van der Waals surface area contributed by atoms with Gasteiger partial charge in [0.1, 0.15) is 5.82 Å². The molecule has 0 bridgehead atoms. The molecule has 0 atom stereocenters. The van der Waals surface area contributed by atoms with Crippen LogP contribution in [-0.2, 0) is 0 Å². The van der Waals surface area contributed by atoms with E-state index in [1.807, 2.05) is 0 Å². The Bertz CT molecular complexity index is 444. The van der Waals surface area contributed by atoms with E-state index in [-0.39, 0.29) is 11.7 Å². The van der Waals surface area contributed by atoms with Crippen LogP contribution in [0.15, 0.2) is 16.6 Å². The average Bonchev–Trinajstić information content (AvgIpc) is 2.34. The highest BCUT2D eigenvalue weighted by Crippen LogP contribution is 2.22. The first-order chi connectivity index (χ1) is 8.09. The highest BCUT2D eigenvalue weighted by atomic mass is 79.9. The SMILES string of the molecule is Cc1cc(Br)c(C(=O)N2CCNCC2)cc1F. The normalized spacial score (nSPS) is 16.1. The van der Waals surface area contributed by atoms with Crippen molar-refractivity contribution in [3.05, 3.63) is 33.5 Å². The van der Waals surface area contributed by atoms with Crippen molar-refractivity contribution in [2.45, 2.75) is 6.92 Å². The molecular formula is C12H14BrFN2O. The van der Waals surface area contributed by atoms with Gasteiger partial charge in [0.15, 0.2) is 0 Å². The van der Waals surface area contributed by atoms with E-state index in [2.05, 4.69) is 21.2 Å². The number of hydrogen-bond acceptors (Lipinski definition) is 2. The van der Waals surface area contributed by atoms with E-state index < -0.39 is 0 Å². The van der Waals surface area contributed by atoms with Crippen LogP contribution in [0.4, 0.5) is 4.39 Å². The van der Waals surface area contributed by atoms with Crippen LogP contribution in [-0.4, -0.2) is 37.0 Å². The van der Waals surface area contributed by atoms with Crippen molar-refractivity contribution >= 4 is 21.8 Å². The molecule has 5 heteroatoms. The van der Waals surface area contributed by atoms with E-state index in [4.69, 9.17) is 0 Å². The van der Waals surface area contributed by atoms with Gasteiger partial charge < -0.3 is 10.2 Å². The molecule has 1 aliphatic rings. The molecule has 1 N–H and O–H groups in total. The molecule has 1 saturated heterocycles. The first kappa shape index (κ1) is 12.5. The van der Waals surface area contributed by atoms with Gasteiger partial charge in [-0.15, -0.1) is 0 Å². The van der Waals surface area contributed by atoms with Gasteiger partial charge in [-0.05, 0) is 40.5 Å². The van der Waals surface area contributed by atoms with Crippen molar-refractivity contribution in [2.24, 2.45) is 0 Å². The number of halogens is 2. The maximum absolute atomic E-state index is 13.5. The Labute approximate surface area is 108 Å². The summed E-state index contributed by atoms with van der Waals surface area (Å²) in [5.74, 6) is -0.455. The van der Waals surface area contributed by atoms with Crippen LogP contribution in [0, 0.1) is 12.7 Å². The molecule has 3 nitrogen and oxygen atoms in total. The van der Waals surface area contributed by atoms with Gasteiger partial charge in [-0.2, -0.15) is 0 Å². The molecule has 1 aliphatic heterocycles. The van der Waals surface area contributed by atoms with Crippen LogP contribution >= 0.6 is 15.9 Å². The summed E-state index contributed by atoms with van der Waals surface area (Å²) in [7, 11) is 0. The zero-order chi connectivity index (χ0) is 12.4. The van der Waals surface area contributed by atoms with Crippen molar-refractivity contribution in [3.63, 3.8) is 0 Å². The van der Waals surface area contributed by atoms with Crippen LogP contribution in [0.25, 0.3) is 0 Å². The molecule has 1 amide bonds. The molecule has 1 heterocycles. The van der Waals surface area contributed by atoms with Crippen molar-refractivity contribution in [2.75, 3.05) is 26.2 Å². The number of aryl methyl sites for hydroxylation is 1. The third-order valence-electron chi connectivity index (χ3n) is 2.88. The zero-order valence-corrected chi connectivity index (χ0v) is 11.2. The summed E-state index contributed by atoms with van der Waals surface area (Å²) in [6.07, 6.45) is 0. The molecule has 1 aromatic rings.